The lowest BCUT2D eigenvalue weighted by molar-refractivity contribution is 0.397. The van der Waals surface area contributed by atoms with Crippen molar-refractivity contribution >= 4 is 5.69 Å². The van der Waals surface area contributed by atoms with E-state index in [0.717, 1.165) is 25.7 Å². The quantitative estimate of drug-likeness (QED) is 0.835. The summed E-state index contributed by atoms with van der Waals surface area (Å²) in [5, 5.41) is 12.5. The normalized spacial score (nSPS) is 24.1. The number of nitriles is 1. The Kier molecular flexibility index (Phi) is 3.68. The summed E-state index contributed by atoms with van der Waals surface area (Å²) in [6, 6.07) is 9.32. The van der Waals surface area contributed by atoms with E-state index in [1.165, 1.54) is 16.8 Å². The molecule has 1 aromatic rings. The van der Waals surface area contributed by atoms with Gasteiger partial charge in [0, 0.05) is 17.6 Å². The molecule has 1 aliphatic rings. The first-order valence-corrected chi connectivity index (χ1v) is 6.43. The lowest BCUT2D eigenvalue weighted by Gasteiger charge is -2.28. The van der Waals surface area contributed by atoms with Gasteiger partial charge in [0.25, 0.3) is 0 Å². The molecule has 1 aromatic carbocycles. The summed E-state index contributed by atoms with van der Waals surface area (Å²) >= 11 is 0. The van der Waals surface area contributed by atoms with Gasteiger partial charge in [0.2, 0.25) is 0 Å². The van der Waals surface area contributed by atoms with Crippen LogP contribution in [0.25, 0.3) is 0 Å². The topological polar surface area (TPSA) is 35.8 Å². The molecular weight excluding hydrogens is 208 g/mol. The minimum atomic E-state index is 0.283. The van der Waals surface area contributed by atoms with Crippen LogP contribution < -0.4 is 5.32 Å². The first kappa shape index (κ1) is 12.0. The first-order chi connectivity index (χ1) is 8.20. The van der Waals surface area contributed by atoms with E-state index in [4.69, 9.17) is 5.26 Å². The zero-order valence-electron chi connectivity index (χ0n) is 10.7. The number of hydrogen-bond acceptors (Lipinski definition) is 2. The third kappa shape index (κ3) is 2.79. The Balaban J connectivity index is 2.01. The second-order valence-electron chi connectivity index (χ2n) is 5.09. The van der Waals surface area contributed by atoms with E-state index in [1.54, 1.807) is 0 Å². The predicted molar refractivity (Wildman–Crippen MR) is 70.9 cm³/mol. The average molecular weight is 228 g/mol. The Morgan fingerprint density at radius 2 is 1.71 bits per heavy atom. The maximum absolute atomic E-state index is 8.88. The summed E-state index contributed by atoms with van der Waals surface area (Å²) in [5.74, 6) is 0.283. The van der Waals surface area contributed by atoms with E-state index in [9.17, 15) is 0 Å². The molecule has 90 valence electrons. The fraction of sp³-hybridized carbons (Fsp3) is 0.533. The van der Waals surface area contributed by atoms with Crippen LogP contribution >= 0.6 is 0 Å². The van der Waals surface area contributed by atoms with Crippen LogP contribution in [-0.2, 0) is 0 Å². The SMILES string of the molecule is Cc1cccc(C)c1NC1CCC(C#N)CC1. The summed E-state index contributed by atoms with van der Waals surface area (Å²) in [4.78, 5) is 0. The molecule has 0 unspecified atom stereocenters. The van der Waals surface area contributed by atoms with Crippen LogP contribution in [0.3, 0.4) is 0 Å². The molecule has 0 spiro atoms. The van der Waals surface area contributed by atoms with Crippen LogP contribution in [0.15, 0.2) is 18.2 Å². The number of anilines is 1. The maximum Gasteiger partial charge on any atom is 0.0655 e. The molecule has 0 aliphatic heterocycles. The monoisotopic (exact) mass is 228 g/mol. The number of nitrogens with zero attached hydrogens (tertiary/aromatic N) is 1. The Labute approximate surface area is 104 Å². The molecule has 17 heavy (non-hydrogen) atoms. The van der Waals surface area contributed by atoms with Gasteiger partial charge in [-0.2, -0.15) is 5.26 Å². The largest absolute Gasteiger partial charge is 0.382 e. The van der Waals surface area contributed by atoms with E-state index in [2.05, 4.69) is 43.4 Å². The van der Waals surface area contributed by atoms with Crippen molar-refractivity contribution in [2.24, 2.45) is 5.92 Å². The van der Waals surface area contributed by atoms with Gasteiger partial charge in [-0.15, -0.1) is 0 Å². The highest BCUT2D eigenvalue weighted by molar-refractivity contribution is 5.57. The van der Waals surface area contributed by atoms with Crippen molar-refractivity contribution in [2.75, 3.05) is 5.32 Å². The van der Waals surface area contributed by atoms with E-state index < -0.39 is 0 Å². The second kappa shape index (κ2) is 5.23. The molecule has 0 amide bonds. The molecule has 2 rings (SSSR count). The van der Waals surface area contributed by atoms with Crippen molar-refractivity contribution in [3.8, 4) is 6.07 Å². The molecule has 0 saturated heterocycles. The number of aryl methyl sites for hydroxylation is 2. The van der Waals surface area contributed by atoms with Gasteiger partial charge >= 0.3 is 0 Å². The van der Waals surface area contributed by atoms with E-state index in [0.29, 0.717) is 6.04 Å². The molecule has 0 atom stereocenters. The molecule has 0 radical (unpaired) electrons. The van der Waals surface area contributed by atoms with Gasteiger partial charge in [-0.05, 0) is 50.7 Å². The van der Waals surface area contributed by atoms with E-state index in [1.807, 2.05) is 0 Å². The number of rotatable bonds is 2. The van der Waals surface area contributed by atoms with Crippen LogP contribution in [0.4, 0.5) is 5.69 Å². The van der Waals surface area contributed by atoms with Gasteiger partial charge in [0.1, 0.15) is 0 Å². The van der Waals surface area contributed by atoms with Gasteiger partial charge in [-0.1, -0.05) is 18.2 Å². The summed E-state index contributed by atoms with van der Waals surface area (Å²) in [6.45, 7) is 4.30. The first-order valence-electron chi connectivity index (χ1n) is 6.43. The molecule has 2 nitrogen and oxygen atoms in total. The number of para-hydroxylation sites is 1. The van der Waals surface area contributed by atoms with Crippen molar-refractivity contribution in [2.45, 2.75) is 45.6 Å². The summed E-state index contributed by atoms with van der Waals surface area (Å²) in [7, 11) is 0. The van der Waals surface area contributed by atoms with Crippen LogP contribution in [0, 0.1) is 31.1 Å². The average Bonchev–Trinajstić information content (AvgIpc) is 2.35. The third-order valence-corrected chi connectivity index (χ3v) is 3.74. The van der Waals surface area contributed by atoms with Crippen molar-refractivity contribution in [1.82, 2.24) is 0 Å². The molecule has 0 aromatic heterocycles. The lowest BCUT2D eigenvalue weighted by Crippen LogP contribution is -2.26. The molecular formula is C15H20N2. The van der Waals surface area contributed by atoms with Gasteiger partial charge < -0.3 is 5.32 Å². The van der Waals surface area contributed by atoms with Crippen LogP contribution in [0.5, 0.6) is 0 Å². The highest BCUT2D eigenvalue weighted by atomic mass is 14.9. The van der Waals surface area contributed by atoms with Crippen molar-refractivity contribution in [3.05, 3.63) is 29.3 Å². The third-order valence-electron chi connectivity index (χ3n) is 3.74. The number of benzene rings is 1. The molecule has 1 fully saturated rings. The highest BCUT2D eigenvalue weighted by Crippen LogP contribution is 2.28. The van der Waals surface area contributed by atoms with Gasteiger partial charge in [0.05, 0.1) is 6.07 Å². The molecule has 0 heterocycles. The molecule has 1 N–H and O–H groups in total. The maximum atomic E-state index is 8.88. The highest BCUT2D eigenvalue weighted by Gasteiger charge is 2.21. The van der Waals surface area contributed by atoms with Crippen molar-refractivity contribution < 1.29 is 0 Å². The number of hydrogen-bond donors (Lipinski definition) is 1. The van der Waals surface area contributed by atoms with Crippen LogP contribution in [-0.4, -0.2) is 6.04 Å². The summed E-state index contributed by atoms with van der Waals surface area (Å²) < 4.78 is 0. The molecule has 2 heteroatoms. The van der Waals surface area contributed by atoms with Crippen molar-refractivity contribution in [1.29, 1.82) is 5.26 Å². The lowest BCUT2D eigenvalue weighted by atomic mass is 9.86. The molecule has 1 aliphatic carbocycles. The smallest absolute Gasteiger partial charge is 0.0655 e. The zero-order valence-corrected chi connectivity index (χ0v) is 10.7. The fourth-order valence-corrected chi connectivity index (χ4v) is 2.61. The van der Waals surface area contributed by atoms with Crippen LogP contribution in [0.2, 0.25) is 0 Å². The summed E-state index contributed by atoms with van der Waals surface area (Å²) in [6.07, 6.45) is 4.32. The summed E-state index contributed by atoms with van der Waals surface area (Å²) in [5.41, 5.74) is 3.91. The second-order valence-corrected chi connectivity index (χ2v) is 5.09. The molecule has 0 bridgehead atoms. The van der Waals surface area contributed by atoms with E-state index in [-0.39, 0.29) is 5.92 Å². The van der Waals surface area contributed by atoms with Crippen molar-refractivity contribution in [3.63, 3.8) is 0 Å². The van der Waals surface area contributed by atoms with Gasteiger partial charge in [0.15, 0.2) is 0 Å². The number of nitrogens with one attached hydrogen (secondary N) is 1. The Morgan fingerprint density at radius 3 is 2.24 bits per heavy atom. The minimum absolute atomic E-state index is 0.283. The zero-order chi connectivity index (χ0) is 12.3. The standard InChI is InChI=1S/C15H20N2/c1-11-4-3-5-12(2)15(11)17-14-8-6-13(10-16)7-9-14/h3-5,13-14,17H,6-9H2,1-2H3. The Morgan fingerprint density at radius 1 is 1.12 bits per heavy atom. The minimum Gasteiger partial charge on any atom is -0.382 e. The van der Waals surface area contributed by atoms with Gasteiger partial charge in [-0.3, -0.25) is 0 Å². The fourth-order valence-electron chi connectivity index (χ4n) is 2.61. The van der Waals surface area contributed by atoms with Gasteiger partial charge in [-0.25, -0.2) is 0 Å². The van der Waals surface area contributed by atoms with Crippen LogP contribution in [0.1, 0.15) is 36.8 Å². The Bertz CT molecular complexity index is 403. The predicted octanol–water partition coefficient (Wildman–Crippen LogP) is 3.80. The Hall–Kier alpha value is -1.49. The van der Waals surface area contributed by atoms with E-state index >= 15 is 0 Å². The molecule has 1 saturated carbocycles.